The third-order valence-corrected chi connectivity index (χ3v) is 4.56. The lowest BCUT2D eigenvalue weighted by Crippen LogP contribution is -2.37. The van der Waals surface area contributed by atoms with Crippen LogP contribution in [0.3, 0.4) is 0 Å². The first-order valence-corrected chi connectivity index (χ1v) is 8.10. The van der Waals surface area contributed by atoms with Gasteiger partial charge in [-0.15, -0.1) is 0 Å². The first-order chi connectivity index (χ1) is 9.70. The van der Waals surface area contributed by atoms with E-state index in [0.29, 0.717) is 18.4 Å². The predicted octanol–water partition coefficient (Wildman–Crippen LogP) is 2.50. The molecule has 1 atom stereocenters. The van der Waals surface area contributed by atoms with Gasteiger partial charge in [-0.3, -0.25) is 0 Å². The topological polar surface area (TPSA) is 24.5 Å². The van der Waals surface area contributed by atoms with E-state index < -0.39 is 0 Å². The summed E-state index contributed by atoms with van der Waals surface area (Å²) in [6.07, 6.45) is 0. The Kier molecular flexibility index (Phi) is 6.13. The van der Waals surface area contributed by atoms with E-state index >= 15 is 0 Å². The molecule has 5 heteroatoms. The number of ether oxygens (including phenoxy) is 1. The Morgan fingerprint density at radius 3 is 3.10 bits per heavy atom. The zero-order valence-corrected chi connectivity index (χ0v) is 13.0. The van der Waals surface area contributed by atoms with E-state index in [9.17, 15) is 4.39 Å². The fraction of sp³-hybridized carbons (Fsp3) is 0.600. The van der Waals surface area contributed by atoms with Crippen LogP contribution >= 0.6 is 11.8 Å². The summed E-state index contributed by atoms with van der Waals surface area (Å²) in [5, 5.41) is 3.92. The Morgan fingerprint density at radius 1 is 1.50 bits per heavy atom. The largest absolute Gasteiger partial charge is 0.383 e. The van der Waals surface area contributed by atoms with Crippen molar-refractivity contribution in [2.75, 3.05) is 44.0 Å². The fourth-order valence-corrected chi connectivity index (χ4v) is 3.45. The van der Waals surface area contributed by atoms with Gasteiger partial charge in [0.1, 0.15) is 5.82 Å². The summed E-state index contributed by atoms with van der Waals surface area (Å²) in [5.74, 6) is 0.964. The molecule has 1 N–H and O–H groups in total. The van der Waals surface area contributed by atoms with Crippen LogP contribution in [0.4, 0.5) is 10.1 Å². The molecular weight excluding hydrogens is 275 g/mol. The summed E-state index contributed by atoms with van der Waals surface area (Å²) in [6.45, 7) is 6.43. The molecule has 2 rings (SSSR count). The summed E-state index contributed by atoms with van der Waals surface area (Å²) in [6, 6.07) is 5.10. The van der Waals surface area contributed by atoms with E-state index in [-0.39, 0.29) is 5.82 Å². The number of hydrogen-bond acceptors (Lipinski definition) is 4. The number of thioether (sulfide) groups is 1. The Hall–Kier alpha value is -0.780. The third-order valence-electron chi connectivity index (χ3n) is 3.42. The highest BCUT2D eigenvalue weighted by Gasteiger charge is 2.19. The standard InChI is InChI=1S/C15H23FN2OS/c1-12-11-18(6-8-20-12)15-4-3-14(16)9-13(15)10-17-5-7-19-2/h3-4,9,12,17H,5-8,10-11H2,1-2H3. The SMILES string of the molecule is COCCNCc1cc(F)ccc1N1CCSC(C)C1. The predicted molar refractivity (Wildman–Crippen MR) is 84.1 cm³/mol. The molecule has 0 saturated carbocycles. The van der Waals surface area contributed by atoms with Crippen molar-refractivity contribution >= 4 is 17.4 Å². The molecule has 0 aromatic heterocycles. The lowest BCUT2D eigenvalue weighted by molar-refractivity contribution is 0.199. The summed E-state index contributed by atoms with van der Waals surface area (Å²) in [5.41, 5.74) is 2.18. The molecule has 0 radical (unpaired) electrons. The van der Waals surface area contributed by atoms with Gasteiger partial charge in [0.15, 0.2) is 0 Å². The second-order valence-electron chi connectivity index (χ2n) is 5.07. The highest BCUT2D eigenvalue weighted by molar-refractivity contribution is 8.00. The Bertz CT molecular complexity index is 430. The van der Waals surface area contributed by atoms with Gasteiger partial charge >= 0.3 is 0 Å². The number of halogens is 1. The van der Waals surface area contributed by atoms with Gasteiger partial charge < -0.3 is 15.0 Å². The molecular formula is C15H23FN2OS. The summed E-state index contributed by atoms with van der Waals surface area (Å²) >= 11 is 2.00. The molecule has 20 heavy (non-hydrogen) atoms. The Labute approximate surface area is 124 Å². The van der Waals surface area contributed by atoms with Crippen molar-refractivity contribution in [3.8, 4) is 0 Å². The first kappa shape index (κ1) is 15.6. The lowest BCUT2D eigenvalue weighted by Gasteiger charge is -2.34. The van der Waals surface area contributed by atoms with Crippen molar-refractivity contribution in [2.45, 2.75) is 18.7 Å². The van der Waals surface area contributed by atoms with Gasteiger partial charge in [-0.05, 0) is 23.8 Å². The van der Waals surface area contributed by atoms with Crippen molar-refractivity contribution in [3.05, 3.63) is 29.6 Å². The van der Waals surface area contributed by atoms with Crippen LogP contribution in [0, 0.1) is 5.82 Å². The number of nitrogens with one attached hydrogen (secondary N) is 1. The normalized spacial score (nSPS) is 19.4. The van der Waals surface area contributed by atoms with Crippen LogP contribution in [-0.2, 0) is 11.3 Å². The van der Waals surface area contributed by atoms with Gasteiger partial charge in [-0.2, -0.15) is 11.8 Å². The van der Waals surface area contributed by atoms with Gasteiger partial charge in [0.25, 0.3) is 0 Å². The Morgan fingerprint density at radius 2 is 2.35 bits per heavy atom. The quantitative estimate of drug-likeness (QED) is 0.816. The van der Waals surface area contributed by atoms with Crippen LogP contribution in [0.2, 0.25) is 0 Å². The lowest BCUT2D eigenvalue weighted by atomic mass is 10.1. The molecule has 1 aromatic rings. The molecule has 0 bridgehead atoms. The van der Waals surface area contributed by atoms with Crippen LogP contribution in [0.15, 0.2) is 18.2 Å². The summed E-state index contributed by atoms with van der Waals surface area (Å²) in [7, 11) is 1.68. The number of nitrogens with zero attached hydrogens (tertiary/aromatic N) is 1. The van der Waals surface area contributed by atoms with Gasteiger partial charge in [-0.1, -0.05) is 6.92 Å². The van der Waals surface area contributed by atoms with E-state index in [4.69, 9.17) is 4.74 Å². The minimum Gasteiger partial charge on any atom is -0.383 e. The van der Waals surface area contributed by atoms with Gasteiger partial charge in [-0.25, -0.2) is 4.39 Å². The molecule has 0 aliphatic carbocycles. The zero-order valence-electron chi connectivity index (χ0n) is 12.2. The highest BCUT2D eigenvalue weighted by Crippen LogP contribution is 2.27. The van der Waals surface area contributed by atoms with Crippen LogP contribution in [-0.4, -0.2) is 44.4 Å². The van der Waals surface area contributed by atoms with E-state index in [1.165, 1.54) is 0 Å². The summed E-state index contributed by atoms with van der Waals surface area (Å²) in [4.78, 5) is 2.37. The zero-order chi connectivity index (χ0) is 14.4. The van der Waals surface area contributed by atoms with Crippen molar-refractivity contribution in [1.29, 1.82) is 0 Å². The average Bonchev–Trinajstić information content (AvgIpc) is 2.44. The number of anilines is 1. The smallest absolute Gasteiger partial charge is 0.123 e. The van der Waals surface area contributed by atoms with Crippen molar-refractivity contribution in [1.82, 2.24) is 5.32 Å². The minimum atomic E-state index is -0.170. The van der Waals surface area contributed by atoms with Crippen molar-refractivity contribution in [2.24, 2.45) is 0 Å². The van der Waals surface area contributed by atoms with E-state index in [1.807, 2.05) is 17.8 Å². The minimum absolute atomic E-state index is 0.170. The number of methoxy groups -OCH3 is 1. The van der Waals surface area contributed by atoms with E-state index in [0.717, 1.165) is 36.6 Å². The third kappa shape index (κ3) is 4.36. The number of hydrogen-bond donors (Lipinski definition) is 1. The number of benzene rings is 1. The number of rotatable bonds is 6. The molecule has 1 saturated heterocycles. The molecule has 0 spiro atoms. The second kappa shape index (κ2) is 7.86. The van der Waals surface area contributed by atoms with Crippen LogP contribution in [0.5, 0.6) is 0 Å². The Balaban J connectivity index is 2.06. The maximum atomic E-state index is 13.5. The van der Waals surface area contributed by atoms with Crippen LogP contribution in [0.1, 0.15) is 12.5 Å². The van der Waals surface area contributed by atoms with Crippen LogP contribution < -0.4 is 10.2 Å². The highest BCUT2D eigenvalue weighted by atomic mass is 32.2. The molecule has 1 unspecified atom stereocenters. The van der Waals surface area contributed by atoms with Crippen molar-refractivity contribution < 1.29 is 9.13 Å². The van der Waals surface area contributed by atoms with Gasteiger partial charge in [0.2, 0.25) is 0 Å². The monoisotopic (exact) mass is 298 g/mol. The molecule has 0 amide bonds. The van der Waals surface area contributed by atoms with Crippen molar-refractivity contribution in [3.63, 3.8) is 0 Å². The molecule has 1 aliphatic rings. The molecule has 1 aromatic carbocycles. The maximum Gasteiger partial charge on any atom is 0.123 e. The van der Waals surface area contributed by atoms with Gasteiger partial charge in [0.05, 0.1) is 6.61 Å². The molecule has 3 nitrogen and oxygen atoms in total. The van der Waals surface area contributed by atoms with E-state index in [2.05, 4.69) is 17.1 Å². The average molecular weight is 298 g/mol. The van der Waals surface area contributed by atoms with E-state index in [1.54, 1.807) is 19.2 Å². The molecule has 112 valence electrons. The van der Waals surface area contributed by atoms with Crippen LogP contribution in [0.25, 0.3) is 0 Å². The first-order valence-electron chi connectivity index (χ1n) is 7.05. The molecule has 1 aliphatic heterocycles. The second-order valence-corrected chi connectivity index (χ2v) is 6.62. The summed E-state index contributed by atoms with van der Waals surface area (Å²) < 4.78 is 18.5. The fourth-order valence-electron chi connectivity index (χ4n) is 2.44. The molecule has 1 heterocycles. The molecule has 1 fully saturated rings. The van der Waals surface area contributed by atoms with Gasteiger partial charge in [0, 0.05) is 50.0 Å². The maximum absolute atomic E-state index is 13.5.